The molecular weight excluding hydrogens is 146 g/mol. The predicted octanol–water partition coefficient (Wildman–Crippen LogP) is -0.333. The van der Waals surface area contributed by atoms with E-state index in [9.17, 15) is 4.79 Å². The third-order valence-electron chi connectivity index (χ3n) is 1.62. The van der Waals surface area contributed by atoms with Crippen molar-refractivity contribution in [3.05, 3.63) is 0 Å². The van der Waals surface area contributed by atoms with E-state index in [0.717, 1.165) is 19.4 Å². The lowest BCUT2D eigenvalue weighted by Crippen LogP contribution is -2.22. The van der Waals surface area contributed by atoms with Crippen molar-refractivity contribution >= 4 is 5.97 Å². The zero-order chi connectivity index (χ0) is 8.10. The molecule has 0 aromatic carbocycles. The molecule has 0 saturated carbocycles. The molecule has 4 heteroatoms. The fourth-order valence-electron chi connectivity index (χ4n) is 1.02. The molecule has 1 atom stereocenters. The van der Waals surface area contributed by atoms with Gasteiger partial charge in [-0.25, -0.2) is 0 Å². The van der Waals surface area contributed by atoms with Crippen LogP contribution in [0, 0.1) is 0 Å². The minimum Gasteiger partial charge on any atom is -0.462 e. The van der Waals surface area contributed by atoms with Crippen molar-refractivity contribution in [2.24, 2.45) is 5.73 Å². The van der Waals surface area contributed by atoms with E-state index in [1.807, 2.05) is 0 Å². The highest BCUT2D eigenvalue weighted by atomic mass is 16.6. The van der Waals surface area contributed by atoms with Crippen LogP contribution in [-0.4, -0.2) is 31.8 Å². The molecule has 0 aromatic heterocycles. The van der Waals surface area contributed by atoms with Crippen LogP contribution in [0.1, 0.15) is 12.8 Å². The first kappa shape index (κ1) is 8.49. The molecule has 0 aromatic rings. The average molecular weight is 159 g/mol. The number of nitrogens with two attached hydrogens (primary N) is 1. The van der Waals surface area contributed by atoms with Crippen molar-refractivity contribution in [1.82, 2.24) is 0 Å². The van der Waals surface area contributed by atoms with Gasteiger partial charge in [0.25, 0.3) is 0 Å². The molecule has 0 bridgehead atoms. The Morgan fingerprint density at radius 3 is 3.09 bits per heavy atom. The van der Waals surface area contributed by atoms with Crippen molar-refractivity contribution in [2.45, 2.75) is 18.9 Å². The number of hydrogen-bond acceptors (Lipinski definition) is 4. The van der Waals surface area contributed by atoms with Gasteiger partial charge in [-0.3, -0.25) is 4.79 Å². The second-order valence-electron chi connectivity index (χ2n) is 2.52. The van der Waals surface area contributed by atoms with Crippen LogP contribution in [0.25, 0.3) is 0 Å². The van der Waals surface area contributed by atoms with Crippen molar-refractivity contribution < 1.29 is 14.3 Å². The van der Waals surface area contributed by atoms with Crippen molar-refractivity contribution in [3.8, 4) is 0 Å². The molecule has 0 radical (unpaired) electrons. The molecule has 1 aliphatic rings. The summed E-state index contributed by atoms with van der Waals surface area (Å²) in [6.45, 7) is 1.09. The predicted molar refractivity (Wildman–Crippen MR) is 39.0 cm³/mol. The summed E-state index contributed by atoms with van der Waals surface area (Å²) in [6, 6.07) is 0. The van der Waals surface area contributed by atoms with Crippen molar-refractivity contribution in [1.29, 1.82) is 0 Å². The number of rotatable bonds is 3. The number of carbonyl (C=O) groups excluding carboxylic acids is 1. The zero-order valence-corrected chi connectivity index (χ0v) is 6.41. The van der Waals surface area contributed by atoms with Crippen LogP contribution in [-0.2, 0) is 14.3 Å². The Hall–Kier alpha value is -0.610. The highest BCUT2D eigenvalue weighted by molar-refractivity contribution is 5.71. The molecule has 1 rings (SSSR count). The highest BCUT2D eigenvalue weighted by Crippen LogP contribution is 2.11. The lowest BCUT2D eigenvalue weighted by Gasteiger charge is -2.08. The van der Waals surface area contributed by atoms with E-state index in [2.05, 4.69) is 0 Å². The quantitative estimate of drug-likeness (QED) is 0.573. The molecule has 0 spiro atoms. The lowest BCUT2D eigenvalue weighted by atomic mass is 10.2. The summed E-state index contributed by atoms with van der Waals surface area (Å²) >= 11 is 0. The van der Waals surface area contributed by atoms with Crippen LogP contribution >= 0.6 is 0 Å². The van der Waals surface area contributed by atoms with Gasteiger partial charge in [-0.2, -0.15) is 0 Å². The molecule has 1 aliphatic heterocycles. The Morgan fingerprint density at radius 2 is 2.55 bits per heavy atom. The molecule has 4 nitrogen and oxygen atoms in total. The Kier molecular flexibility index (Phi) is 3.32. The third-order valence-corrected chi connectivity index (χ3v) is 1.62. The monoisotopic (exact) mass is 159 g/mol. The highest BCUT2D eigenvalue weighted by Gasteiger charge is 2.16. The first-order chi connectivity index (χ1) is 5.33. The maximum absolute atomic E-state index is 10.6. The minimum atomic E-state index is -0.361. The Morgan fingerprint density at radius 1 is 1.73 bits per heavy atom. The number of hydrogen-bond donors (Lipinski definition) is 1. The van der Waals surface area contributed by atoms with Gasteiger partial charge in [0.1, 0.15) is 6.61 Å². The normalized spacial score (nSPS) is 23.5. The largest absolute Gasteiger partial charge is 0.462 e. The van der Waals surface area contributed by atoms with Crippen LogP contribution in [0.3, 0.4) is 0 Å². The van der Waals surface area contributed by atoms with Gasteiger partial charge >= 0.3 is 5.97 Å². The van der Waals surface area contributed by atoms with Crippen molar-refractivity contribution in [3.63, 3.8) is 0 Å². The lowest BCUT2D eigenvalue weighted by molar-refractivity contribution is -0.145. The second kappa shape index (κ2) is 4.31. The molecule has 2 N–H and O–H groups in total. The van der Waals surface area contributed by atoms with Gasteiger partial charge in [-0.15, -0.1) is 0 Å². The maximum atomic E-state index is 10.6. The molecule has 0 amide bonds. The summed E-state index contributed by atoms with van der Waals surface area (Å²) in [5.41, 5.74) is 5.04. The SMILES string of the molecule is NCC(=O)OCC1CCCO1. The van der Waals surface area contributed by atoms with E-state index in [1.54, 1.807) is 0 Å². The topological polar surface area (TPSA) is 61.6 Å². The number of ether oxygens (including phenoxy) is 2. The number of esters is 1. The molecule has 1 heterocycles. The fourth-order valence-corrected chi connectivity index (χ4v) is 1.02. The van der Waals surface area contributed by atoms with Crippen LogP contribution in [0.2, 0.25) is 0 Å². The van der Waals surface area contributed by atoms with E-state index in [-0.39, 0.29) is 18.6 Å². The summed E-state index contributed by atoms with van der Waals surface area (Å²) in [5, 5.41) is 0. The summed E-state index contributed by atoms with van der Waals surface area (Å²) in [6.07, 6.45) is 2.15. The molecule has 1 unspecified atom stereocenters. The molecule has 0 aliphatic carbocycles. The Balaban J connectivity index is 2.06. The third kappa shape index (κ3) is 2.86. The fraction of sp³-hybridized carbons (Fsp3) is 0.857. The molecule has 64 valence electrons. The van der Waals surface area contributed by atoms with Crippen LogP contribution in [0.5, 0.6) is 0 Å². The summed E-state index contributed by atoms with van der Waals surface area (Å²) < 4.78 is 10.0. The Bertz CT molecular complexity index is 132. The summed E-state index contributed by atoms with van der Waals surface area (Å²) in [4.78, 5) is 10.6. The zero-order valence-electron chi connectivity index (χ0n) is 6.41. The van der Waals surface area contributed by atoms with E-state index in [0.29, 0.717) is 6.61 Å². The second-order valence-corrected chi connectivity index (χ2v) is 2.52. The van der Waals surface area contributed by atoms with E-state index < -0.39 is 0 Å². The van der Waals surface area contributed by atoms with Gasteiger partial charge in [-0.05, 0) is 12.8 Å². The maximum Gasteiger partial charge on any atom is 0.319 e. The first-order valence-corrected chi connectivity index (χ1v) is 3.80. The van der Waals surface area contributed by atoms with Gasteiger partial charge in [-0.1, -0.05) is 0 Å². The molecular formula is C7H13NO3. The van der Waals surface area contributed by atoms with E-state index >= 15 is 0 Å². The van der Waals surface area contributed by atoms with Crippen LogP contribution < -0.4 is 5.73 Å². The van der Waals surface area contributed by atoms with Crippen molar-refractivity contribution in [2.75, 3.05) is 19.8 Å². The summed E-state index contributed by atoms with van der Waals surface area (Å²) in [5.74, 6) is -0.361. The number of carbonyl (C=O) groups is 1. The Labute approximate surface area is 65.7 Å². The smallest absolute Gasteiger partial charge is 0.319 e. The van der Waals surface area contributed by atoms with Crippen LogP contribution in [0.15, 0.2) is 0 Å². The van der Waals surface area contributed by atoms with E-state index in [4.69, 9.17) is 15.2 Å². The van der Waals surface area contributed by atoms with Gasteiger partial charge in [0, 0.05) is 6.61 Å². The standard InChI is InChI=1S/C7H13NO3/c8-4-7(9)11-5-6-2-1-3-10-6/h6H,1-5,8H2. The summed E-state index contributed by atoms with van der Waals surface area (Å²) in [7, 11) is 0. The molecule has 1 fully saturated rings. The molecule has 11 heavy (non-hydrogen) atoms. The minimum absolute atomic E-state index is 0.0489. The van der Waals surface area contributed by atoms with Gasteiger partial charge in [0.05, 0.1) is 12.6 Å². The average Bonchev–Trinajstić information content (AvgIpc) is 2.52. The molecule has 1 saturated heterocycles. The van der Waals surface area contributed by atoms with E-state index in [1.165, 1.54) is 0 Å². The van der Waals surface area contributed by atoms with Gasteiger partial charge in [0.15, 0.2) is 0 Å². The first-order valence-electron chi connectivity index (χ1n) is 3.80. The van der Waals surface area contributed by atoms with Gasteiger partial charge < -0.3 is 15.2 Å². The van der Waals surface area contributed by atoms with Crippen LogP contribution in [0.4, 0.5) is 0 Å². The van der Waals surface area contributed by atoms with Gasteiger partial charge in [0.2, 0.25) is 0 Å².